The Morgan fingerprint density at radius 3 is 2.74 bits per heavy atom. The second-order valence-electron chi connectivity index (χ2n) is 6.37. The lowest BCUT2D eigenvalue weighted by Gasteiger charge is -2.13. The van der Waals surface area contributed by atoms with Crippen LogP contribution in [-0.4, -0.2) is 42.4 Å². The van der Waals surface area contributed by atoms with Crippen molar-refractivity contribution in [3.63, 3.8) is 0 Å². The van der Waals surface area contributed by atoms with Crippen LogP contribution in [-0.2, 0) is 0 Å². The number of methoxy groups -OCH3 is 1. The van der Waals surface area contributed by atoms with Gasteiger partial charge in [-0.25, -0.2) is 14.8 Å². The van der Waals surface area contributed by atoms with Crippen molar-refractivity contribution in [2.24, 2.45) is 10.7 Å². The Labute approximate surface area is 157 Å². The van der Waals surface area contributed by atoms with Gasteiger partial charge in [-0.05, 0) is 31.0 Å². The van der Waals surface area contributed by atoms with Gasteiger partial charge in [0.25, 0.3) is 0 Å². The van der Waals surface area contributed by atoms with Crippen LogP contribution in [0.4, 0.5) is 10.6 Å². The number of carbonyl (C=O) groups excluding carboxylic acids is 1. The molecule has 3 rings (SSSR count). The molecule has 1 aliphatic carbocycles. The van der Waals surface area contributed by atoms with Crippen molar-refractivity contribution in [1.82, 2.24) is 15.3 Å². The maximum atomic E-state index is 12.2. The quantitative estimate of drug-likeness (QED) is 0.702. The Morgan fingerprint density at radius 1 is 1.30 bits per heavy atom. The van der Waals surface area contributed by atoms with Crippen molar-refractivity contribution in [2.75, 3.05) is 19.5 Å². The van der Waals surface area contributed by atoms with Gasteiger partial charge < -0.3 is 15.8 Å². The summed E-state index contributed by atoms with van der Waals surface area (Å²) in [5, 5.41) is 5.77. The van der Waals surface area contributed by atoms with Gasteiger partial charge in [0.1, 0.15) is 5.82 Å². The number of aliphatic imine (C=N–C) groups is 1. The van der Waals surface area contributed by atoms with Crippen LogP contribution < -0.4 is 21.1 Å². The molecule has 2 aromatic rings. The summed E-state index contributed by atoms with van der Waals surface area (Å²) in [5.74, 6) is 0.888. The fraction of sp³-hybridized carbons (Fsp3) is 0.368. The highest BCUT2D eigenvalue weighted by Gasteiger charge is 2.17. The minimum absolute atomic E-state index is 0.240. The predicted molar refractivity (Wildman–Crippen MR) is 107 cm³/mol. The molecular formula is C19H24N6O2. The summed E-state index contributed by atoms with van der Waals surface area (Å²) in [4.78, 5) is 25.2. The van der Waals surface area contributed by atoms with Crippen molar-refractivity contribution in [3.05, 3.63) is 30.0 Å². The molecule has 8 nitrogen and oxygen atoms in total. The number of allylic oxidation sites excluding steroid dienone is 1. The van der Waals surface area contributed by atoms with Gasteiger partial charge >= 0.3 is 6.03 Å². The summed E-state index contributed by atoms with van der Waals surface area (Å²) in [6.07, 6.45) is 7.44. The number of hydrogen-bond acceptors (Lipinski definition) is 6. The summed E-state index contributed by atoms with van der Waals surface area (Å²) in [7, 11) is 3.21. The Bertz CT molecular complexity index is 887. The monoisotopic (exact) mass is 368 g/mol. The zero-order valence-electron chi connectivity index (χ0n) is 15.5. The van der Waals surface area contributed by atoms with Crippen molar-refractivity contribution >= 4 is 34.7 Å². The van der Waals surface area contributed by atoms with Crippen molar-refractivity contribution in [3.8, 4) is 5.88 Å². The molecule has 2 amide bonds. The van der Waals surface area contributed by atoms with E-state index in [-0.39, 0.29) is 12.1 Å². The summed E-state index contributed by atoms with van der Waals surface area (Å²) in [5.41, 5.74) is 8.33. The molecule has 2 aromatic heterocycles. The van der Waals surface area contributed by atoms with Gasteiger partial charge in [-0.15, -0.1) is 0 Å². The number of amides is 2. The number of nitrogens with one attached hydrogen (secondary N) is 2. The third kappa shape index (κ3) is 4.33. The maximum Gasteiger partial charge on any atom is 0.320 e. The van der Waals surface area contributed by atoms with Crippen LogP contribution in [0.25, 0.3) is 16.6 Å². The predicted octanol–water partition coefficient (Wildman–Crippen LogP) is 2.70. The lowest BCUT2D eigenvalue weighted by molar-refractivity contribution is 0.248. The van der Waals surface area contributed by atoms with E-state index in [0.29, 0.717) is 33.9 Å². The number of carbonyl (C=O) groups is 1. The summed E-state index contributed by atoms with van der Waals surface area (Å²) in [6, 6.07) is 5.33. The van der Waals surface area contributed by atoms with Crippen LogP contribution in [0, 0.1) is 0 Å². The van der Waals surface area contributed by atoms with Crippen LogP contribution in [0.2, 0.25) is 0 Å². The molecule has 0 radical (unpaired) electrons. The van der Waals surface area contributed by atoms with Crippen LogP contribution in [0.15, 0.2) is 29.4 Å². The van der Waals surface area contributed by atoms with Gasteiger partial charge in [0, 0.05) is 36.6 Å². The molecule has 0 saturated heterocycles. The number of ether oxygens (including phenoxy) is 1. The third-order valence-corrected chi connectivity index (χ3v) is 4.52. The first-order valence-electron chi connectivity index (χ1n) is 8.92. The summed E-state index contributed by atoms with van der Waals surface area (Å²) >= 11 is 0. The number of nitrogens with zero attached hydrogens (tertiary/aromatic N) is 3. The van der Waals surface area contributed by atoms with Gasteiger partial charge in [0.2, 0.25) is 5.88 Å². The highest BCUT2D eigenvalue weighted by atomic mass is 16.5. The number of rotatable bonds is 5. The van der Waals surface area contributed by atoms with Gasteiger partial charge in [-0.1, -0.05) is 12.8 Å². The molecule has 2 heterocycles. The average molecular weight is 368 g/mol. The summed E-state index contributed by atoms with van der Waals surface area (Å²) < 4.78 is 5.38. The first kappa shape index (κ1) is 18.6. The molecule has 0 bridgehead atoms. The second kappa shape index (κ2) is 8.48. The van der Waals surface area contributed by atoms with E-state index in [1.54, 1.807) is 32.5 Å². The van der Waals surface area contributed by atoms with E-state index in [1.807, 2.05) is 6.07 Å². The SMILES string of the molecule is CN=CC(=CN)c1cc2nc(NC(=O)NC3CCCC3)ccc2nc1OC. The minimum atomic E-state index is -0.240. The molecule has 1 saturated carbocycles. The van der Waals surface area contributed by atoms with Crippen molar-refractivity contribution in [2.45, 2.75) is 31.7 Å². The lowest BCUT2D eigenvalue weighted by Crippen LogP contribution is -2.36. The van der Waals surface area contributed by atoms with Crippen LogP contribution >= 0.6 is 0 Å². The standard InChI is InChI=1S/C19H24N6O2/c1-21-11-12(10-20)14-9-16-15(24-18(14)27-2)7-8-17(23-16)25-19(26)22-13-5-3-4-6-13/h7-11,13H,3-6,20H2,1-2H3,(H2,22,23,25,26). The normalized spacial score (nSPS) is 15.4. The number of hydrogen-bond donors (Lipinski definition) is 3. The van der Waals surface area contributed by atoms with E-state index in [4.69, 9.17) is 10.5 Å². The van der Waals surface area contributed by atoms with E-state index in [0.717, 1.165) is 25.7 Å². The largest absolute Gasteiger partial charge is 0.481 e. The highest BCUT2D eigenvalue weighted by molar-refractivity contribution is 6.11. The molecule has 0 unspecified atom stereocenters. The van der Waals surface area contributed by atoms with E-state index >= 15 is 0 Å². The molecule has 0 spiro atoms. The number of urea groups is 1. The van der Waals surface area contributed by atoms with E-state index in [2.05, 4.69) is 25.6 Å². The molecule has 27 heavy (non-hydrogen) atoms. The van der Waals surface area contributed by atoms with Gasteiger partial charge in [-0.2, -0.15) is 0 Å². The van der Waals surface area contributed by atoms with Crippen LogP contribution in [0.1, 0.15) is 31.2 Å². The maximum absolute atomic E-state index is 12.2. The van der Waals surface area contributed by atoms with Crippen molar-refractivity contribution < 1.29 is 9.53 Å². The van der Waals surface area contributed by atoms with Crippen LogP contribution in [0.5, 0.6) is 5.88 Å². The molecule has 142 valence electrons. The molecule has 1 aliphatic rings. The molecule has 1 fully saturated rings. The highest BCUT2D eigenvalue weighted by Crippen LogP contribution is 2.27. The Morgan fingerprint density at radius 2 is 2.07 bits per heavy atom. The number of pyridine rings is 2. The molecule has 0 aromatic carbocycles. The Kier molecular flexibility index (Phi) is 5.85. The van der Waals surface area contributed by atoms with E-state index < -0.39 is 0 Å². The van der Waals surface area contributed by atoms with Crippen molar-refractivity contribution in [1.29, 1.82) is 0 Å². The Hall–Kier alpha value is -3.16. The third-order valence-electron chi connectivity index (χ3n) is 4.52. The number of anilines is 1. The van der Waals surface area contributed by atoms with Crippen LogP contribution in [0.3, 0.4) is 0 Å². The Balaban J connectivity index is 1.88. The second-order valence-corrected chi connectivity index (χ2v) is 6.37. The number of fused-ring (bicyclic) bond motifs is 1. The first-order valence-corrected chi connectivity index (χ1v) is 8.92. The molecule has 0 atom stereocenters. The van der Waals surface area contributed by atoms with E-state index in [9.17, 15) is 4.79 Å². The van der Waals surface area contributed by atoms with Gasteiger partial charge in [0.05, 0.1) is 18.1 Å². The topological polar surface area (TPSA) is 115 Å². The van der Waals surface area contributed by atoms with Gasteiger partial charge in [-0.3, -0.25) is 10.3 Å². The smallest absolute Gasteiger partial charge is 0.320 e. The van der Waals surface area contributed by atoms with Gasteiger partial charge in [0.15, 0.2) is 0 Å². The molecule has 8 heteroatoms. The summed E-state index contributed by atoms with van der Waals surface area (Å²) in [6.45, 7) is 0. The zero-order chi connectivity index (χ0) is 19.2. The number of nitrogens with two attached hydrogens (primary N) is 1. The number of aromatic nitrogens is 2. The lowest BCUT2D eigenvalue weighted by atomic mass is 10.1. The minimum Gasteiger partial charge on any atom is -0.481 e. The fourth-order valence-electron chi connectivity index (χ4n) is 3.22. The average Bonchev–Trinajstić information content (AvgIpc) is 3.17. The zero-order valence-corrected chi connectivity index (χ0v) is 15.5. The first-order chi connectivity index (χ1) is 13.1. The molecule has 4 N–H and O–H groups in total. The van der Waals surface area contributed by atoms with E-state index in [1.165, 1.54) is 6.20 Å². The molecular weight excluding hydrogens is 344 g/mol. The fourth-order valence-corrected chi connectivity index (χ4v) is 3.22. The molecule has 0 aliphatic heterocycles.